The number of aliphatic hydroxyl groups excluding tert-OH is 1. The fourth-order valence-corrected chi connectivity index (χ4v) is 2.47. The highest BCUT2D eigenvalue weighted by Gasteiger charge is 2.15. The standard InChI is InChI=1S/C13H19NO3S/c1-9(15)7-14-8-10-5-11-12(6-13(10)18-2)17-4-3-16-11/h5-6,9,14-15H,3-4,7-8H2,1-2H3. The van der Waals surface area contributed by atoms with E-state index in [9.17, 15) is 5.11 Å². The van der Waals surface area contributed by atoms with Crippen LogP contribution < -0.4 is 14.8 Å². The molecule has 0 aliphatic carbocycles. The number of rotatable bonds is 5. The third-order valence-corrected chi connectivity index (χ3v) is 3.52. The van der Waals surface area contributed by atoms with Crippen LogP contribution in [0.5, 0.6) is 11.5 Å². The first-order chi connectivity index (χ1) is 8.70. The quantitative estimate of drug-likeness (QED) is 0.796. The molecule has 5 heteroatoms. The second-order valence-corrected chi connectivity index (χ2v) is 5.14. The maximum atomic E-state index is 9.24. The van der Waals surface area contributed by atoms with Crippen LogP contribution in [0.15, 0.2) is 17.0 Å². The van der Waals surface area contributed by atoms with Crippen molar-refractivity contribution < 1.29 is 14.6 Å². The highest BCUT2D eigenvalue weighted by molar-refractivity contribution is 7.98. The molecule has 1 atom stereocenters. The Balaban J connectivity index is 2.12. The van der Waals surface area contributed by atoms with Crippen LogP contribution in [0, 0.1) is 0 Å². The second-order valence-electron chi connectivity index (χ2n) is 4.29. The summed E-state index contributed by atoms with van der Waals surface area (Å²) in [6, 6.07) is 4.05. The average Bonchev–Trinajstić information content (AvgIpc) is 2.37. The molecule has 18 heavy (non-hydrogen) atoms. The molecule has 0 amide bonds. The Bertz CT molecular complexity index is 409. The van der Waals surface area contributed by atoms with E-state index in [1.54, 1.807) is 18.7 Å². The predicted octanol–water partition coefficient (Wildman–Crippen LogP) is 1.65. The van der Waals surface area contributed by atoms with E-state index in [1.807, 2.05) is 18.4 Å². The fraction of sp³-hybridized carbons (Fsp3) is 0.538. The van der Waals surface area contributed by atoms with Gasteiger partial charge in [0.1, 0.15) is 13.2 Å². The molecule has 1 aromatic rings. The Labute approximate surface area is 112 Å². The average molecular weight is 269 g/mol. The zero-order chi connectivity index (χ0) is 13.0. The van der Waals surface area contributed by atoms with E-state index in [4.69, 9.17) is 9.47 Å². The highest BCUT2D eigenvalue weighted by Crippen LogP contribution is 2.36. The molecule has 1 aliphatic rings. The summed E-state index contributed by atoms with van der Waals surface area (Å²) >= 11 is 1.69. The van der Waals surface area contributed by atoms with Gasteiger partial charge in [-0.1, -0.05) is 0 Å². The molecule has 0 radical (unpaired) electrons. The van der Waals surface area contributed by atoms with Crippen molar-refractivity contribution in [1.29, 1.82) is 0 Å². The Kier molecular flexibility index (Phi) is 4.74. The molecule has 2 rings (SSSR count). The van der Waals surface area contributed by atoms with Gasteiger partial charge in [0, 0.05) is 18.0 Å². The summed E-state index contributed by atoms with van der Waals surface area (Å²) in [5, 5.41) is 12.5. The van der Waals surface area contributed by atoms with Crippen LogP contribution in [0.3, 0.4) is 0 Å². The Morgan fingerprint density at radius 3 is 2.61 bits per heavy atom. The van der Waals surface area contributed by atoms with Crippen LogP contribution in [-0.2, 0) is 6.54 Å². The summed E-state index contributed by atoms with van der Waals surface area (Å²) in [5.74, 6) is 1.64. The Morgan fingerprint density at radius 2 is 2.00 bits per heavy atom. The zero-order valence-electron chi connectivity index (χ0n) is 10.7. The van der Waals surface area contributed by atoms with Gasteiger partial charge in [-0.3, -0.25) is 0 Å². The minimum absolute atomic E-state index is 0.333. The van der Waals surface area contributed by atoms with Crippen molar-refractivity contribution in [2.75, 3.05) is 26.0 Å². The van der Waals surface area contributed by atoms with Gasteiger partial charge in [-0.05, 0) is 30.9 Å². The van der Waals surface area contributed by atoms with Crippen LogP contribution in [0.4, 0.5) is 0 Å². The van der Waals surface area contributed by atoms with Gasteiger partial charge in [0.25, 0.3) is 0 Å². The van der Waals surface area contributed by atoms with Gasteiger partial charge in [-0.25, -0.2) is 0 Å². The molecule has 1 heterocycles. The minimum Gasteiger partial charge on any atom is -0.486 e. The number of fused-ring (bicyclic) bond motifs is 1. The van der Waals surface area contributed by atoms with E-state index >= 15 is 0 Å². The lowest BCUT2D eigenvalue weighted by Gasteiger charge is -2.21. The van der Waals surface area contributed by atoms with E-state index in [0.717, 1.165) is 18.0 Å². The summed E-state index contributed by atoms with van der Waals surface area (Å²) in [6.45, 7) is 4.29. The SMILES string of the molecule is CSc1cc2c(cc1CNCC(C)O)OCCO2. The first-order valence-electron chi connectivity index (χ1n) is 6.06. The van der Waals surface area contributed by atoms with Crippen molar-refractivity contribution in [2.45, 2.75) is 24.5 Å². The van der Waals surface area contributed by atoms with E-state index in [1.165, 1.54) is 10.5 Å². The monoisotopic (exact) mass is 269 g/mol. The lowest BCUT2D eigenvalue weighted by molar-refractivity contribution is 0.170. The van der Waals surface area contributed by atoms with E-state index in [0.29, 0.717) is 19.8 Å². The summed E-state index contributed by atoms with van der Waals surface area (Å²) in [6.07, 6.45) is 1.71. The summed E-state index contributed by atoms with van der Waals surface area (Å²) in [4.78, 5) is 1.18. The maximum Gasteiger partial charge on any atom is 0.162 e. The van der Waals surface area contributed by atoms with Crippen molar-refractivity contribution in [3.8, 4) is 11.5 Å². The Morgan fingerprint density at radius 1 is 1.33 bits per heavy atom. The topological polar surface area (TPSA) is 50.7 Å². The van der Waals surface area contributed by atoms with Gasteiger partial charge in [0.2, 0.25) is 0 Å². The molecule has 1 aromatic carbocycles. The van der Waals surface area contributed by atoms with Crippen LogP contribution in [0.2, 0.25) is 0 Å². The largest absolute Gasteiger partial charge is 0.486 e. The molecular formula is C13H19NO3S. The molecule has 1 aliphatic heterocycles. The van der Waals surface area contributed by atoms with Crippen molar-refractivity contribution in [1.82, 2.24) is 5.32 Å². The number of aliphatic hydroxyl groups is 1. The number of benzene rings is 1. The molecule has 0 saturated carbocycles. The van der Waals surface area contributed by atoms with E-state index < -0.39 is 0 Å². The van der Waals surface area contributed by atoms with Crippen molar-refractivity contribution in [3.63, 3.8) is 0 Å². The number of ether oxygens (including phenoxy) is 2. The molecule has 2 N–H and O–H groups in total. The van der Waals surface area contributed by atoms with Crippen molar-refractivity contribution >= 4 is 11.8 Å². The van der Waals surface area contributed by atoms with Crippen molar-refractivity contribution in [3.05, 3.63) is 17.7 Å². The third kappa shape index (κ3) is 3.31. The second kappa shape index (κ2) is 6.31. The van der Waals surface area contributed by atoms with Gasteiger partial charge >= 0.3 is 0 Å². The Hall–Kier alpha value is -0.910. The zero-order valence-corrected chi connectivity index (χ0v) is 11.5. The number of hydrogen-bond acceptors (Lipinski definition) is 5. The van der Waals surface area contributed by atoms with Crippen LogP contribution in [-0.4, -0.2) is 37.2 Å². The summed E-state index contributed by atoms with van der Waals surface area (Å²) < 4.78 is 11.1. The summed E-state index contributed by atoms with van der Waals surface area (Å²) in [7, 11) is 0. The number of nitrogens with one attached hydrogen (secondary N) is 1. The normalized spacial score (nSPS) is 15.5. The van der Waals surface area contributed by atoms with Gasteiger partial charge in [0.15, 0.2) is 11.5 Å². The third-order valence-electron chi connectivity index (χ3n) is 2.70. The van der Waals surface area contributed by atoms with Gasteiger partial charge < -0.3 is 19.9 Å². The molecule has 0 aromatic heterocycles. The summed E-state index contributed by atoms with van der Waals surface area (Å²) in [5.41, 5.74) is 1.17. The smallest absolute Gasteiger partial charge is 0.162 e. The molecule has 0 spiro atoms. The predicted molar refractivity (Wildman–Crippen MR) is 72.6 cm³/mol. The lowest BCUT2D eigenvalue weighted by atomic mass is 10.2. The minimum atomic E-state index is -0.333. The molecule has 100 valence electrons. The van der Waals surface area contributed by atoms with Crippen LogP contribution in [0.25, 0.3) is 0 Å². The first kappa shape index (κ1) is 13.5. The van der Waals surface area contributed by atoms with E-state index in [-0.39, 0.29) is 6.10 Å². The molecule has 0 bridgehead atoms. The molecule has 0 fully saturated rings. The molecule has 4 nitrogen and oxygen atoms in total. The number of hydrogen-bond donors (Lipinski definition) is 2. The van der Waals surface area contributed by atoms with Gasteiger partial charge in [-0.2, -0.15) is 0 Å². The maximum absolute atomic E-state index is 9.24. The molecular weight excluding hydrogens is 250 g/mol. The van der Waals surface area contributed by atoms with Gasteiger partial charge in [0.05, 0.1) is 6.10 Å². The highest BCUT2D eigenvalue weighted by atomic mass is 32.2. The van der Waals surface area contributed by atoms with E-state index in [2.05, 4.69) is 5.32 Å². The molecule has 0 saturated heterocycles. The molecule has 1 unspecified atom stereocenters. The van der Waals surface area contributed by atoms with Gasteiger partial charge in [-0.15, -0.1) is 11.8 Å². The van der Waals surface area contributed by atoms with Crippen molar-refractivity contribution in [2.24, 2.45) is 0 Å². The first-order valence-corrected chi connectivity index (χ1v) is 7.28. The fourth-order valence-electron chi connectivity index (χ4n) is 1.86. The lowest BCUT2D eigenvalue weighted by Crippen LogP contribution is -2.24. The number of thioether (sulfide) groups is 1. The van der Waals surface area contributed by atoms with Crippen LogP contribution >= 0.6 is 11.8 Å². The van der Waals surface area contributed by atoms with Crippen LogP contribution in [0.1, 0.15) is 12.5 Å².